The van der Waals surface area contributed by atoms with Crippen LogP contribution in [0.5, 0.6) is 0 Å². The summed E-state index contributed by atoms with van der Waals surface area (Å²) in [5.41, 5.74) is 3.76. The number of aromatic nitrogens is 2. The fourth-order valence-corrected chi connectivity index (χ4v) is 3.86. The van der Waals surface area contributed by atoms with Gasteiger partial charge < -0.3 is 9.88 Å². The van der Waals surface area contributed by atoms with Crippen LogP contribution in [0.15, 0.2) is 60.9 Å². The van der Waals surface area contributed by atoms with Crippen molar-refractivity contribution < 1.29 is 13.2 Å². The van der Waals surface area contributed by atoms with E-state index in [-0.39, 0.29) is 25.5 Å². The van der Waals surface area contributed by atoms with E-state index < -0.39 is 10.0 Å². The molecule has 0 saturated carbocycles. The van der Waals surface area contributed by atoms with E-state index in [9.17, 15) is 13.2 Å². The van der Waals surface area contributed by atoms with E-state index in [4.69, 9.17) is 0 Å². The van der Waals surface area contributed by atoms with Crippen molar-refractivity contribution in [3.8, 4) is 5.69 Å². The lowest BCUT2D eigenvalue weighted by molar-refractivity contribution is -0.121. The zero-order valence-electron chi connectivity index (χ0n) is 17.4. The van der Waals surface area contributed by atoms with E-state index >= 15 is 0 Å². The highest BCUT2D eigenvalue weighted by atomic mass is 32.2. The normalized spacial score (nSPS) is 11.6. The van der Waals surface area contributed by atoms with Crippen molar-refractivity contribution >= 4 is 15.9 Å². The summed E-state index contributed by atoms with van der Waals surface area (Å²) < 4.78 is 27.5. The van der Waals surface area contributed by atoms with Gasteiger partial charge in [-0.25, -0.2) is 13.4 Å². The van der Waals surface area contributed by atoms with Gasteiger partial charge in [-0.3, -0.25) is 4.79 Å². The van der Waals surface area contributed by atoms with E-state index in [0.29, 0.717) is 0 Å². The van der Waals surface area contributed by atoms with Crippen molar-refractivity contribution in [1.82, 2.24) is 19.2 Å². The number of imidazole rings is 1. The first-order valence-corrected chi connectivity index (χ1v) is 11.4. The largest absolute Gasteiger partial charge is 0.351 e. The number of hydrogen-bond acceptors (Lipinski definition) is 4. The number of nitrogens with one attached hydrogen (secondary N) is 1. The van der Waals surface area contributed by atoms with Gasteiger partial charge in [0.25, 0.3) is 0 Å². The monoisotopic (exact) mass is 426 g/mol. The molecule has 8 heteroatoms. The van der Waals surface area contributed by atoms with E-state index in [1.54, 1.807) is 6.20 Å². The second-order valence-electron chi connectivity index (χ2n) is 7.27. The Morgan fingerprint density at radius 2 is 1.80 bits per heavy atom. The molecular formula is C22H26N4O3S. The number of amides is 1. The Labute approximate surface area is 177 Å². The molecule has 158 valence electrons. The van der Waals surface area contributed by atoms with Gasteiger partial charge in [0.15, 0.2) is 0 Å². The highest BCUT2D eigenvalue weighted by Crippen LogP contribution is 2.16. The summed E-state index contributed by atoms with van der Waals surface area (Å²) in [6.45, 7) is 4.07. The summed E-state index contributed by atoms with van der Waals surface area (Å²) >= 11 is 0. The molecular weight excluding hydrogens is 400 g/mol. The minimum atomic E-state index is -3.54. The van der Waals surface area contributed by atoms with Gasteiger partial charge in [-0.1, -0.05) is 48.0 Å². The fourth-order valence-electron chi connectivity index (χ4n) is 3.13. The van der Waals surface area contributed by atoms with E-state index in [1.807, 2.05) is 73.1 Å². The standard InChI is InChI=1S/C22H26N4O3S/c1-17-8-10-19(11-9-17)15-25(30(3,28)29)16-22(27)24-14-20-6-4-5-7-21(20)26-13-12-23-18(26)2/h4-13H,14-16H2,1-3H3,(H,24,27). The van der Waals surface area contributed by atoms with Crippen LogP contribution in [0.2, 0.25) is 0 Å². The number of para-hydroxylation sites is 1. The molecule has 1 amide bonds. The van der Waals surface area contributed by atoms with Crippen LogP contribution in [0.4, 0.5) is 0 Å². The topological polar surface area (TPSA) is 84.3 Å². The van der Waals surface area contributed by atoms with Crippen LogP contribution in [0, 0.1) is 13.8 Å². The Balaban J connectivity index is 1.68. The number of rotatable bonds is 8. The maximum atomic E-state index is 12.5. The van der Waals surface area contributed by atoms with Crippen LogP contribution >= 0.6 is 0 Å². The fraction of sp³-hybridized carbons (Fsp3) is 0.273. The number of benzene rings is 2. The molecule has 3 rings (SSSR count). The molecule has 0 fully saturated rings. The lowest BCUT2D eigenvalue weighted by Crippen LogP contribution is -2.39. The van der Waals surface area contributed by atoms with Crippen molar-refractivity contribution in [1.29, 1.82) is 0 Å². The Morgan fingerprint density at radius 1 is 1.10 bits per heavy atom. The number of aryl methyl sites for hydroxylation is 2. The molecule has 2 aromatic carbocycles. The van der Waals surface area contributed by atoms with E-state index in [2.05, 4.69) is 10.3 Å². The first-order valence-electron chi connectivity index (χ1n) is 9.59. The van der Waals surface area contributed by atoms with E-state index in [0.717, 1.165) is 34.5 Å². The van der Waals surface area contributed by atoms with Gasteiger partial charge in [0, 0.05) is 25.5 Å². The van der Waals surface area contributed by atoms with Crippen LogP contribution in [-0.2, 0) is 27.9 Å². The minimum absolute atomic E-state index is 0.150. The van der Waals surface area contributed by atoms with Gasteiger partial charge in [0.2, 0.25) is 15.9 Å². The molecule has 0 aliphatic heterocycles. The maximum Gasteiger partial charge on any atom is 0.235 e. The molecule has 0 saturated heterocycles. The second-order valence-corrected chi connectivity index (χ2v) is 9.25. The zero-order chi connectivity index (χ0) is 21.7. The van der Waals surface area contributed by atoms with Gasteiger partial charge in [0.05, 0.1) is 18.5 Å². The van der Waals surface area contributed by atoms with Crippen LogP contribution in [0.25, 0.3) is 5.69 Å². The molecule has 0 bridgehead atoms. The molecule has 3 aromatic rings. The van der Waals surface area contributed by atoms with Crippen molar-refractivity contribution in [2.45, 2.75) is 26.9 Å². The van der Waals surface area contributed by atoms with Crippen molar-refractivity contribution in [2.75, 3.05) is 12.8 Å². The highest BCUT2D eigenvalue weighted by Gasteiger charge is 2.20. The number of nitrogens with zero attached hydrogens (tertiary/aromatic N) is 3. The molecule has 0 unspecified atom stereocenters. The third kappa shape index (κ3) is 5.55. The first-order chi connectivity index (χ1) is 14.2. The summed E-state index contributed by atoms with van der Waals surface area (Å²) in [6, 6.07) is 15.3. The van der Waals surface area contributed by atoms with Crippen LogP contribution in [0.1, 0.15) is 22.5 Å². The molecule has 1 aromatic heterocycles. The second kappa shape index (κ2) is 9.23. The van der Waals surface area contributed by atoms with Gasteiger partial charge >= 0.3 is 0 Å². The maximum absolute atomic E-state index is 12.5. The van der Waals surface area contributed by atoms with E-state index in [1.165, 1.54) is 4.31 Å². The van der Waals surface area contributed by atoms with Crippen molar-refractivity contribution in [3.63, 3.8) is 0 Å². The third-order valence-electron chi connectivity index (χ3n) is 4.82. The molecule has 7 nitrogen and oxygen atoms in total. The minimum Gasteiger partial charge on any atom is -0.351 e. The van der Waals surface area contributed by atoms with Crippen molar-refractivity contribution in [3.05, 3.63) is 83.4 Å². The molecule has 0 aliphatic carbocycles. The summed E-state index contributed by atoms with van der Waals surface area (Å²) in [5, 5.41) is 2.84. The molecule has 0 atom stereocenters. The summed E-state index contributed by atoms with van der Waals surface area (Å²) in [6.07, 6.45) is 4.70. The van der Waals surface area contributed by atoms with Gasteiger partial charge in [-0.15, -0.1) is 0 Å². The zero-order valence-corrected chi connectivity index (χ0v) is 18.2. The average Bonchev–Trinajstić information content (AvgIpc) is 3.13. The van der Waals surface area contributed by atoms with Crippen LogP contribution in [0.3, 0.4) is 0 Å². The van der Waals surface area contributed by atoms with Crippen LogP contribution in [-0.4, -0.2) is 41.0 Å². The molecule has 1 N–H and O–H groups in total. The van der Waals surface area contributed by atoms with Crippen LogP contribution < -0.4 is 5.32 Å². The third-order valence-corrected chi connectivity index (χ3v) is 6.02. The molecule has 30 heavy (non-hydrogen) atoms. The SMILES string of the molecule is Cc1ccc(CN(CC(=O)NCc2ccccc2-n2ccnc2C)S(C)(=O)=O)cc1. The predicted octanol–water partition coefficient (Wildman–Crippen LogP) is 2.57. The summed E-state index contributed by atoms with van der Waals surface area (Å²) in [4.78, 5) is 16.8. The lowest BCUT2D eigenvalue weighted by atomic mass is 10.1. The molecule has 1 heterocycles. The Bertz CT molecular complexity index is 1120. The van der Waals surface area contributed by atoms with Crippen molar-refractivity contribution in [2.24, 2.45) is 0 Å². The molecule has 0 radical (unpaired) electrons. The predicted molar refractivity (Wildman–Crippen MR) is 117 cm³/mol. The molecule has 0 spiro atoms. The lowest BCUT2D eigenvalue weighted by Gasteiger charge is -2.20. The Kier molecular flexibility index (Phi) is 6.69. The Hall–Kier alpha value is -2.97. The smallest absolute Gasteiger partial charge is 0.235 e. The number of carbonyl (C=O) groups is 1. The average molecular weight is 427 g/mol. The highest BCUT2D eigenvalue weighted by molar-refractivity contribution is 7.88. The number of hydrogen-bond donors (Lipinski definition) is 1. The Morgan fingerprint density at radius 3 is 2.43 bits per heavy atom. The first kappa shape index (κ1) is 21.7. The molecule has 0 aliphatic rings. The quantitative estimate of drug-likeness (QED) is 0.600. The van der Waals surface area contributed by atoms with Gasteiger partial charge in [0.1, 0.15) is 5.82 Å². The van der Waals surface area contributed by atoms with Gasteiger partial charge in [-0.05, 0) is 31.0 Å². The summed E-state index contributed by atoms with van der Waals surface area (Å²) in [5.74, 6) is 0.486. The number of carbonyl (C=O) groups excluding carboxylic acids is 1. The van der Waals surface area contributed by atoms with Gasteiger partial charge in [-0.2, -0.15) is 4.31 Å². The number of sulfonamides is 1. The summed E-state index contributed by atoms with van der Waals surface area (Å²) in [7, 11) is -3.54.